The molecule has 91 heavy (non-hydrogen) atoms. The Morgan fingerprint density at radius 2 is 0.505 bits per heavy atom. The van der Waals surface area contributed by atoms with E-state index in [4.69, 9.17) is 37.0 Å². The molecule has 17 nitrogen and oxygen atoms in total. The number of carbonyl (C=O) groups is 4. The summed E-state index contributed by atoms with van der Waals surface area (Å²) < 4.78 is 68.3. The predicted octanol–water partition coefficient (Wildman–Crippen LogP) is 20.8. The molecule has 0 fully saturated rings. The van der Waals surface area contributed by atoms with Crippen molar-refractivity contribution in [1.29, 1.82) is 0 Å². The molecule has 0 spiro atoms. The Labute approximate surface area is 556 Å². The molecule has 0 aliphatic heterocycles. The molecule has 3 N–H and O–H groups in total. The van der Waals surface area contributed by atoms with Gasteiger partial charge in [-0.3, -0.25) is 37.3 Å². The van der Waals surface area contributed by atoms with Gasteiger partial charge in [0.15, 0.2) is 12.2 Å². The predicted molar refractivity (Wildman–Crippen MR) is 368 cm³/mol. The van der Waals surface area contributed by atoms with Crippen molar-refractivity contribution in [3.8, 4) is 0 Å². The van der Waals surface area contributed by atoms with Gasteiger partial charge in [-0.1, -0.05) is 318 Å². The first-order valence-corrected chi connectivity index (χ1v) is 40.5. The van der Waals surface area contributed by atoms with Crippen LogP contribution in [0.25, 0.3) is 0 Å². The van der Waals surface area contributed by atoms with Crippen molar-refractivity contribution in [1.82, 2.24) is 0 Å². The van der Waals surface area contributed by atoms with Crippen molar-refractivity contribution < 1.29 is 80.2 Å². The monoisotopic (exact) mass is 1340 g/mol. The number of phosphoric acid groups is 2. The molecule has 19 heteroatoms. The van der Waals surface area contributed by atoms with E-state index in [9.17, 15) is 43.2 Å². The SMILES string of the molecule is CCCCCCCCCCCCCCCCCCC(=O)OC[C@H](COP(=O)(O)OC[C@@H](O)COP(=O)(O)OC[C@@H](COC(=O)CCCCCCCCC(C)C)OC(=O)CCCCCCCCCCCC)OC(=O)CCCCCCCCCCCCCCCC(C)C. The van der Waals surface area contributed by atoms with Crippen LogP contribution in [0.1, 0.15) is 369 Å². The number of hydrogen-bond donors (Lipinski definition) is 3. The van der Waals surface area contributed by atoms with E-state index in [0.717, 1.165) is 102 Å². The lowest BCUT2D eigenvalue weighted by Gasteiger charge is -2.21. The zero-order valence-electron chi connectivity index (χ0n) is 59.1. The summed E-state index contributed by atoms with van der Waals surface area (Å²) in [5, 5.41) is 10.6. The fraction of sp³-hybridized carbons (Fsp3) is 0.944. The largest absolute Gasteiger partial charge is 0.472 e. The number of aliphatic hydroxyl groups excluding tert-OH is 1. The highest BCUT2D eigenvalue weighted by Gasteiger charge is 2.30. The van der Waals surface area contributed by atoms with Gasteiger partial charge in [0, 0.05) is 25.7 Å². The molecule has 0 rings (SSSR count). The van der Waals surface area contributed by atoms with Gasteiger partial charge in [-0.05, 0) is 37.5 Å². The third kappa shape index (κ3) is 66.5. The number of phosphoric ester groups is 2. The third-order valence-corrected chi connectivity index (χ3v) is 18.6. The molecule has 0 saturated heterocycles. The number of ether oxygens (including phenoxy) is 4. The Kier molecular flexibility index (Phi) is 62.7. The highest BCUT2D eigenvalue weighted by molar-refractivity contribution is 7.47. The van der Waals surface area contributed by atoms with E-state index in [0.29, 0.717) is 31.6 Å². The lowest BCUT2D eigenvalue weighted by molar-refractivity contribution is -0.161. The van der Waals surface area contributed by atoms with E-state index in [1.165, 1.54) is 180 Å². The van der Waals surface area contributed by atoms with Crippen LogP contribution in [0.5, 0.6) is 0 Å². The Bertz CT molecular complexity index is 1770. The van der Waals surface area contributed by atoms with Crippen LogP contribution in [-0.4, -0.2) is 96.7 Å². The van der Waals surface area contributed by atoms with Gasteiger partial charge in [-0.25, -0.2) is 9.13 Å². The topological polar surface area (TPSA) is 237 Å². The van der Waals surface area contributed by atoms with Crippen molar-refractivity contribution in [3.63, 3.8) is 0 Å². The fourth-order valence-electron chi connectivity index (χ4n) is 10.9. The van der Waals surface area contributed by atoms with Gasteiger partial charge in [0.1, 0.15) is 19.3 Å². The molecule has 0 aliphatic rings. The van der Waals surface area contributed by atoms with Gasteiger partial charge in [-0.15, -0.1) is 0 Å². The van der Waals surface area contributed by atoms with E-state index >= 15 is 0 Å². The molecular formula is C72H140O17P2. The van der Waals surface area contributed by atoms with Crippen molar-refractivity contribution in [2.24, 2.45) is 11.8 Å². The summed E-state index contributed by atoms with van der Waals surface area (Å²) in [6, 6.07) is 0. The van der Waals surface area contributed by atoms with E-state index in [1.807, 2.05) is 0 Å². The number of hydrogen-bond acceptors (Lipinski definition) is 15. The zero-order chi connectivity index (χ0) is 67.2. The first-order valence-electron chi connectivity index (χ1n) is 37.5. The Balaban J connectivity index is 5.22. The quantitative estimate of drug-likeness (QED) is 0.0222. The first-order chi connectivity index (χ1) is 43.9. The van der Waals surface area contributed by atoms with Gasteiger partial charge in [0.25, 0.3) is 0 Å². The molecule has 0 heterocycles. The maximum absolute atomic E-state index is 13.0. The van der Waals surface area contributed by atoms with Crippen molar-refractivity contribution in [2.75, 3.05) is 39.6 Å². The van der Waals surface area contributed by atoms with Crippen LogP contribution in [0, 0.1) is 11.8 Å². The molecule has 0 aromatic carbocycles. The lowest BCUT2D eigenvalue weighted by atomic mass is 10.0. The summed E-state index contributed by atoms with van der Waals surface area (Å²) in [6.07, 6.45) is 50.1. The highest BCUT2D eigenvalue weighted by Crippen LogP contribution is 2.45. The second-order valence-corrected chi connectivity index (χ2v) is 29.8. The van der Waals surface area contributed by atoms with E-state index in [-0.39, 0.29) is 25.7 Å². The maximum Gasteiger partial charge on any atom is 0.472 e. The maximum atomic E-state index is 13.0. The molecule has 0 aliphatic carbocycles. The van der Waals surface area contributed by atoms with Crippen LogP contribution in [0.4, 0.5) is 0 Å². The minimum atomic E-state index is -4.95. The fourth-order valence-corrected chi connectivity index (χ4v) is 12.5. The molecule has 5 atom stereocenters. The Morgan fingerprint density at radius 3 is 0.747 bits per heavy atom. The van der Waals surface area contributed by atoms with Gasteiger partial charge in [0.2, 0.25) is 0 Å². The van der Waals surface area contributed by atoms with Crippen LogP contribution >= 0.6 is 15.6 Å². The normalized spacial score (nSPS) is 14.1. The van der Waals surface area contributed by atoms with Crippen molar-refractivity contribution in [2.45, 2.75) is 387 Å². The summed E-state index contributed by atoms with van der Waals surface area (Å²) >= 11 is 0. The third-order valence-electron chi connectivity index (χ3n) is 16.7. The summed E-state index contributed by atoms with van der Waals surface area (Å²) in [4.78, 5) is 72.6. The Morgan fingerprint density at radius 1 is 0.297 bits per heavy atom. The smallest absolute Gasteiger partial charge is 0.462 e. The molecule has 2 unspecified atom stereocenters. The molecule has 540 valence electrons. The Hall–Kier alpha value is -1.94. The van der Waals surface area contributed by atoms with Gasteiger partial charge in [-0.2, -0.15) is 0 Å². The molecular weight excluding hydrogens is 1200 g/mol. The first kappa shape index (κ1) is 89.1. The van der Waals surface area contributed by atoms with Crippen LogP contribution in [0.3, 0.4) is 0 Å². The molecule has 0 radical (unpaired) electrons. The molecule has 0 bridgehead atoms. The number of carbonyl (C=O) groups excluding carboxylic acids is 4. The number of unbranched alkanes of at least 4 members (excludes halogenated alkanes) is 41. The number of aliphatic hydroxyl groups is 1. The van der Waals surface area contributed by atoms with Gasteiger partial charge < -0.3 is 33.8 Å². The van der Waals surface area contributed by atoms with Crippen molar-refractivity contribution in [3.05, 3.63) is 0 Å². The van der Waals surface area contributed by atoms with E-state index in [1.54, 1.807) is 0 Å². The standard InChI is InChI=1S/C72H140O17P2/c1-7-9-11-13-15-17-19-20-21-22-25-28-32-35-42-48-54-69(74)82-60-67(88-72(77)57-51-45-37-33-29-26-23-24-27-30-34-40-46-52-64(3)4)62-86-90(78,79)84-58-66(73)59-85-91(80,81)87-63-68(61-83-70(75)55-49-43-39-38-41-47-53-65(5)6)89-71(76)56-50-44-36-31-18-16-14-12-10-8-2/h64-68,73H,7-63H2,1-6H3,(H,78,79)(H,80,81)/t66-,67-,68-/m1/s1. The molecule has 0 amide bonds. The summed E-state index contributed by atoms with van der Waals surface area (Å²) in [7, 11) is -9.90. The van der Waals surface area contributed by atoms with E-state index in [2.05, 4.69) is 41.5 Å². The zero-order valence-corrected chi connectivity index (χ0v) is 60.9. The van der Waals surface area contributed by atoms with Crippen LogP contribution in [0.15, 0.2) is 0 Å². The van der Waals surface area contributed by atoms with Crippen molar-refractivity contribution >= 4 is 39.5 Å². The minimum Gasteiger partial charge on any atom is -0.462 e. The van der Waals surface area contributed by atoms with Crippen LogP contribution in [0.2, 0.25) is 0 Å². The minimum absolute atomic E-state index is 0.105. The van der Waals surface area contributed by atoms with Crippen LogP contribution in [-0.2, 0) is 65.4 Å². The summed E-state index contributed by atoms with van der Waals surface area (Å²) in [6.45, 7) is 9.49. The summed E-state index contributed by atoms with van der Waals surface area (Å²) in [5.41, 5.74) is 0. The molecule has 0 aromatic rings. The average molecular weight is 1340 g/mol. The lowest BCUT2D eigenvalue weighted by Crippen LogP contribution is -2.30. The molecule has 0 aromatic heterocycles. The summed E-state index contributed by atoms with van der Waals surface area (Å²) in [5.74, 6) is -0.656. The number of esters is 4. The molecule has 0 saturated carbocycles. The second-order valence-electron chi connectivity index (χ2n) is 26.9. The van der Waals surface area contributed by atoms with E-state index < -0.39 is 97.5 Å². The average Bonchev–Trinajstić information content (AvgIpc) is 2.57. The van der Waals surface area contributed by atoms with Crippen LogP contribution < -0.4 is 0 Å². The highest BCUT2D eigenvalue weighted by atomic mass is 31.2. The second kappa shape index (κ2) is 64.1. The number of rotatable bonds is 71. The van der Waals surface area contributed by atoms with Gasteiger partial charge >= 0.3 is 39.5 Å². The van der Waals surface area contributed by atoms with Gasteiger partial charge in [0.05, 0.1) is 26.4 Å².